The second kappa shape index (κ2) is 41.8. The Bertz CT molecular complexity index is 6510. The van der Waals surface area contributed by atoms with Gasteiger partial charge < -0.3 is 76.1 Å². The van der Waals surface area contributed by atoms with Crippen LogP contribution >= 0.6 is 0 Å². The number of para-hydroxylation sites is 1. The van der Waals surface area contributed by atoms with Crippen LogP contribution < -0.4 is 58.1 Å². The second-order valence-corrected chi connectivity index (χ2v) is 32.9. The number of nitrogens with two attached hydrogens (primary N) is 6. The summed E-state index contributed by atoms with van der Waals surface area (Å²) in [6, 6.07) is 33.0. The number of carboxylic acids is 1. The predicted octanol–water partition coefficient (Wildman–Crippen LogP) is 10.2. The Hall–Kier alpha value is -14.4. The Morgan fingerprint density at radius 2 is 0.718 bits per heavy atom. The molecule has 684 valence electrons. The molecule has 38 heteroatoms. The number of amides is 2. The molecule has 0 saturated carbocycles. The molecule has 2 amide bonds. The third kappa shape index (κ3) is 22.0. The summed E-state index contributed by atoms with van der Waals surface area (Å²) in [5, 5.41) is 26.2. The van der Waals surface area contributed by atoms with Crippen molar-refractivity contribution in [2.45, 2.75) is 85.6 Å². The second-order valence-electron chi connectivity index (χ2n) is 31.0. The molecule has 0 radical (unpaired) electrons. The van der Waals surface area contributed by atoms with Crippen molar-refractivity contribution in [2.75, 3.05) is 58.9 Å². The fraction of sp³-hybridized carbons (Fsp3) is 0.280. The van der Waals surface area contributed by atoms with Gasteiger partial charge >= 0.3 is 5.97 Å². The highest BCUT2D eigenvalue weighted by Gasteiger charge is 2.25. The summed E-state index contributed by atoms with van der Waals surface area (Å²) in [6.07, 6.45) is 20.3. The van der Waals surface area contributed by atoms with E-state index in [0.29, 0.717) is 128 Å². The van der Waals surface area contributed by atoms with E-state index < -0.39 is 33.6 Å². The van der Waals surface area contributed by atoms with Crippen LogP contribution in [0.15, 0.2) is 171 Å². The van der Waals surface area contributed by atoms with Gasteiger partial charge in [-0.15, -0.1) is 0 Å². The number of primary amides is 2. The van der Waals surface area contributed by atoms with E-state index in [1.54, 1.807) is 96.0 Å². The van der Waals surface area contributed by atoms with E-state index in [-0.39, 0.29) is 73.3 Å². The number of ether oxygens (including phenoxy) is 4. The average Bonchev–Trinajstić information content (AvgIpc) is 1.54. The summed E-state index contributed by atoms with van der Waals surface area (Å²) >= 11 is 0. The standard InChI is InChI=1S/C24H29FN6O3S.2C23H25FN6O2.C23H24FN5O3/c1-16-19(22(29-30(16)2)14-28-35(3,32)33)10-12-34-24-20(5-4-6-21(24)25)17-7-8-23-27-13-18(9-11-26)31(23)15-17;2*1-14-18(22(23(26)31)28-29(14)2)8-10-32-20-5-4-16(24)11-19(20)15-3-6-21-27-12-17(7-9-25)30(21)13-15;1-14-18(22(23(30)31)27-28(14)2)8-10-32-20-5-4-16(24)11-19(20)15-3-6-21-26-12-17(7-9-25)29(21)13-15/h4-8,13,15,28H,9-12,14,26H2,1-3H3;2*3-6,11-13H,7-10,25H2,1-2H3,(H2,26,31);3-6,11-13H,7-10,25H2,1-2H3,(H,30,31). The van der Waals surface area contributed by atoms with Crippen molar-refractivity contribution in [3.05, 3.63) is 285 Å². The summed E-state index contributed by atoms with van der Waals surface area (Å²) in [4.78, 5) is 52.4. The number of nitrogens with one attached hydrogen (secondary N) is 1. The van der Waals surface area contributed by atoms with Crippen LogP contribution in [0, 0.1) is 51.0 Å². The van der Waals surface area contributed by atoms with E-state index >= 15 is 0 Å². The first-order chi connectivity index (χ1) is 62.8. The van der Waals surface area contributed by atoms with Gasteiger partial charge in [0.25, 0.3) is 11.8 Å². The summed E-state index contributed by atoms with van der Waals surface area (Å²) in [6.45, 7) is 10.5. The first-order valence-electron chi connectivity index (χ1n) is 42.0. The number of aryl methyl sites for hydroxylation is 4. The summed E-state index contributed by atoms with van der Waals surface area (Å²) in [7, 11) is 3.66. The van der Waals surface area contributed by atoms with Gasteiger partial charge in [-0.2, -0.15) is 20.4 Å². The normalized spacial score (nSPS) is 11.4. The molecule has 4 aromatic carbocycles. The summed E-state index contributed by atoms with van der Waals surface area (Å²) in [5.41, 5.74) is 53.9. The molecule has 0 aliphatic rings. The number of pyridine rings is 4. The largest absolute Gasteiger partial charge is 0.493 e. The van der Waals surface area contributed by atoms with Gasteiger partial charge in [-0.25, -0.2) is 55.4 Å². The van der Waals surface area contributed by atoms with Crippen LogP contribution in [-0.2, 0) is 96.1 Å². The highest BCUT2D eigenvalue weighted by molar-refractivity contribution is 7.88. The number of hydrogen-bond acceptors (Lipinski definition) is 21. The number of hydrogen-bond donors (Lipinski definition) is 8. The van der Waals surface area contributed by atoms with Crippen molar-refractivity contribution in [3.8, 4) is 67.5 Å². The third-order valence-corrected chi connectivity index (χ3v) is 23.1. The van der Waals surface area contributed by atoms with Crippen molar-refractivity contribution in [2.24, 2.45) is 62.6 Å². The average molecular weight is 1810 g/mol. The zero-order valence-corrected chi connectivity index (χ0v) is 74.7. The van der Waals surface area contributed by atoms with Gasteiger partial charge in [0.2, 0.25) is 10.0 Å². The number of nitrogens with zero attached hydrogens (tertiary/aromatic N) is 16. The van der Waals surface area contributed by atoms with Crippen molar-refractivity contribution in [1.29, 1.82) is 0 Å². The Morgan fingerprint density at radius 3 is 1.05 bits per heavy atom. The fourth-order valence-corrected chi connectivity index (χ4v) is 15.8. The number of aromatic nitrogens is 16. The summed E-state index contributed by atoms with van der Waals surface area (Å²) < 4.78 is 121. The zero-order chi connectivity index (χ0) is 93.6. The molecule has 0 spiro atoms. The Morgan fingerprint density at radius 1 is 0.405 bits per heavy atom. The molecule has 16 rings (SSSR count). The number of carbonyl (C=O) groups is 3. The number of imidazole rings is 4. The Labute approximate surface area is 751 Å². The van der Waals surface area contributed by atoms with Gasteiger partial charge in [-0.05, 0) is 163 Å². The van der Waals surface area contributed by atoms with E-state index in [0.717, 1.165) is 113 Å². The molecule has 0 aliphatic carbocycles. The number of rotatable bonds is 34. The van der Waals surface area contributed by atoms with Gasteiger partial charge in [0.1, 0.15) is 57.3 Å². The Balaban J connectivity index is 0.000000149. The molecule has 0 atom stereocenters. The molecule has 33 nitrogen and oxygen atoms in total. The lowest BCUT2D eigenvalue weighted by atomic mass is 10.1. The lowest BCUT2D eigenvalue weighted by Gasteiger charge is -2.14. The molecule has 0 fully saturated rings. The van der Waals surface area contributed by atoms with Crippen LogP contribution in [0.1, 0.15) is 105 Å². The first kappa shape index (κ1) is 94.2. The lowest BCUT2D eigenvalue weighted by molar-refractivity contribution is 0.0687. The minimum absolute atomic E-state index is 0.0194. The smallest absolute Gasteiger partial charge is 0.356 e. The monoisotopic (exact) mass is 1810 g/mol. The molecule has 16 aromatic rings. The van der Waals surface area contributed by atoms with Gasteiger partial charge in [-0.3, -0.25) is 28.3 Å². The number of fused-ring (bicyclic) bond motifs is 4. The van der Waals surface area contributed by atoms with Crippen molar-refractivity contribution in [1.82, 2.24) is 81.4 Å². The predicted molar refractivity (Wildman–Crippen MR) is 488 cm³/mol. The maximum absolute atomic E-state index is 14.9. The van der Waals surface area contributed by atoms with E-state index in [1.165, 1.54) is 42.5 Å². The van der Waals surface area contributed by atoms with Crippen molar-refractivity contribution >= 4 is 50.4 Å². The molecule has 0 unspecified atom stereocenters. The number of carboxylic acid groups (broad SMARTS) is 1. The number of benzene rings is 4. The molecule has 0 bridgehead atoms. The van der Waals surface area contributed by atoms with Crippen molar-refractivity contribution < 1.29 is 64.4 Å². The van der Waals surface area contributed by atoms with Gasteiger partial charge in [0, 0.05) is 241 Å². The number of carbonyl (C=O) groups excluding carboxylic acids is 2. The van der Waals surface area contributed by atoms with Gasteiger partial charge in [0.15, 0.2) is 28.6 Å². The van der Waals surface area contributed by atoms with E-state index in [2.05, 4.69) is 45.1 Å². The minimum Gasteiger partial charge on any atom is -0.493 e. The molecule has 12 aromatic heterocycles. The molecule has 131 heavy (non-hydrogen) atoms. The van der Waals surface area contributed by atoms with Crippen LogP contribution in [0.4, 0.5) is 17.6 Å². The topological polar surface area (TPSA) is 451 Å². The van der Waals surface area contributed by atoms with Crippen molar-refractivity contribution in [3.63, 3.8) is 0 Å². The third-order valence-electron chi connectivity index (χ3n) is 22.5. The summed E-state index contributed by atoms with van der Waals surface area (Å²) in [5.74, 6) is -2.06. The Kier molecular flexibility index (Phi) is 30.0. The maximum Gasteiger partial charge on any atom is 0.356 e. The van der Waals surface area contributed by atoms with Crippen LogP contribution in [0.5, 0.6) is 23.0 Å². The molecular weight excluding hydrogens is 1710 g/mol. The lowest BCUT2D eigenvalue weighted by Crippen LogP contribution is -2.22. The quantitative estimate of drug-likeness (QED) is 0.0174. The zero-order valence-electron chi connectivity index (χ0n) is 73.8. The molecular formula is C93H103F4N23O10S. The van der Waals surface area contributed by atoms with Crippen LogP contribution in [-0.4, -0.2) is 167 Å². The number of halogens is 4. The van der Waals surface area contributed by atoms with E-state index in [9.17, 15) is 45.5 Å². The molecule has 0 aliphatic heterocycles. The first-order valence-corrected chi connectivity index (χ1v) is 43.9. The van der Waals surface area contributed by atoms with Crippen LogP contribution in [0.25, 0.3) is 67.1 Å². The molecule has 0 saturated heterocycles. The van der Waals surface area contributed by atoms with Gasteiger partial charge in [0.05, 0.1) is 44.9 Å². The SMILES string of the molecule is Cc1c(CCOc2c(F)cccc2-c2ccc3ncc(CCN)n3c2)c(CNS(C)(=O)=O)nn1C.Cc1c(CCOc2ccc(F)cc2-c2ccc3ncc(CCN)n3c2)c(C(=O)O)nn1C.Cc1c(CCOc2ccc(F)cc2-c2ccc3ncc(CCN)n3c2)c(C(N)=O)nn1C.Cc1c(CCOc2ccc(F)cc2-c2ccc3ncc(CCN)n3c2)c(C(N)=O)nn1C. The number of sulfonamides is 1. The van der Waals surface area contributed by atoms with Crippen LogP contribution in [0.2, 0.25) is 0 Å². The number of aromatic carboxylic acids is 1. The fourth-order valence-electron chi connectivity index (χ4n) is 15.4. The highest BCUT2D eigenvalue weighted by atomic mass is 32.2. The van der Waals surface area contributed by atoms with E-state index in [1.807, 2.05) is 125 Å². The highest BCUT2D eigenvalue weighted by Crippen LogP contribution is 2.38. The molecule has 12 heterocycles. The molecule has 14 N–H and O–H groups in total. The van der Waals surface area contributed by atoms with Gasteiger partial charge in [-0.1, -0.05) is 12.1 Å². The van der Waals surface area contributed by atoms with Crippen LogP contribution in [0.3, 0.4) is 0 Å². The maximum atomic E-state index is 14.9. The van der Waals surface area contributed by atoms with E-state index in [4.69, 9.17) is 53.3 Å². The minimum atomic E-state index is -3.36.